The zero-order chi connectivity index (χ0) is 33.6. The zero-order valence-corrected chi connectivity index (χ0v) is 30.6. The molecular weight excluding hydrogens is 592 g/mol. The number of hydrogen-bond donors (Lipinski definition) is 0. The summed E-state index contributed by atoms with van der Waals surface area (Å²) < 4.78 is 51.8. The third-order valence-corrected chi connectivity index (χ3v) is 11.0. The third-order valence-electron chi connectivity index (χ3n) is 11.0. The van der Waals surface area contributed by atoms with Gasteiger partial charge in [0, 0.05) is 64.3 Å². The van der Waals surface area contributed by atoms with Crippen molar-refractivity contribution in [2.45, 2.75) is 65.2 Å². The van der Waals surface area contributed by atoms with Crippen LogP contribution in [0.15, 0.2) is 0 Å². The summed E-state index contributed by atoms with van der Waals surface area (Å²) in [5.41, 5.74) is 2.29. The molecule has 0 amide bonds. The van der Waals surface area contributed by atoms with Gasteiger partial charge in [0.05, 0.1) is 97.9 Å². The summed E-state index contributed by atoms with van der Waals surface area (Å²) in [7, 11) is 10.5. The fourth-order valence-electron chi connectivity index (χ4n) is 7.58. The Morgan fingerprint density at radius 3 is 0.935 bits per heavy atom. The second kappa shape index (κ2) is 18.6. The normalized spacial score (nSPS) is 26.6. The van der Waals surface area contributed by atoms with E-state index >= 15 is 0 Å². The lowest BCUT2D eigenvalue weighted by atomic mass is 9.63. The summed E-state index contributed by atoms with van der Waals surface area (Å²) in [4.78, 5) is 0. The molecule has 0 radical (unpaired) electrons. The predicted molar refractivity (Wildman–Crippen MR) is 177 cm³/mol. The van der Waals surface area contributed by atoms with Crippen LogP contribution in [0.4, 0.5) is 0 Å². The van der Waals surface area contributed by atoms with Gasteiger partial charge in [-0.1, -0.05) is 13.8 Å². The first-order valence-electron chi connectivity index (χ1n) is 17.3. The lowest BCUT2D eigenvalue weighted by Crippen LogP contribution is -2.49. The maximum absolute atomic E-state index is 5.35. The Balaban J connectivity index is 0.000000171. The molecule has 0 aromatic heterocycles. The van der Waals surface area contributed by atoms with Crippen LogP contribution in [0, 0.1) is 32.5 Å². The minimum atomic E-state index is 0.156. The van der Waals surface area contributed by atoms with Gasteiger partial charge >= 0.3 is 0 Å². The van der Waals surface area contributed by atoms with Gasteiger partial charge in [0.15, 0.2) is 0 Å². The van der Waals surface area contributed by atoms with Crippen LogP contribution in [-0.4, -0.2) is 135 Å². The molecule has 6 fully saturated rings. The van der Waals surface area contributed by atoms with Gasteiger partial charge in [-0.2, -0.15) is 0 Å². The van der Waals surface area contributed by atoms with Crippen molar-refractivity contribution in [3.8, 4) is 0 Å². The summed E-state index contributed by atoms with van der Waals surface area (Å²) in [5, 5.41) is 0. The Morgan fingerprint density at radius 2 is 0.674 bits per heavy atom. The molecule has 10 nitrogen and oxygen atoms in total. The molecule has 6 aliphatic rings. The van der Waals surface area contributed by atoms with E-state index in [1.54, 1.807) is 35.5 Å². The molecule has 46 heavy (non-hydrogen) atoms. The molecule has 0 N–H and O–H groups in total. The third kappa shape index (κ3) is 11.3. The van der Waals surface area contributed by atoms with E-state index in [2.05, 4.69) is 13.8 Å². The summed E-state index contributed by atoms with van der Waals surface area (Å²) in [5.74, 6) is 0. The van der Waals surface area contributed by atoms with E-state index in [9.17, 15) is 0 Å². The van der Waals surface area contributed by atoms with Gasteiger partial charge in [0.25, 0.3) is 0 Å². The minimum absolute atomic E-state index is 0.156. The van der Waals surface area contributed by atoms with Gasteiger partial charge in [-0.05, 0) is 56.8 Å². The minimum Gasteiger partial charge on any atom is -0.384 e. The molecule has 0 aromatic rings. The largest absolute Gasteiger partial charge is 0.384 e. The second-order valence-corrected chi connectivity index (χ2v) is 16.2. The van der Waals surface area contributed by atoms with Crippen LogP contribution in [0.1, 0.15) is 65.2 Å². The highest BCUT2D eigenvalue weighted by Gasteiger charge is 2.47. The van der Waals surface area contributed by atoms with Gasteiger partial charge in [-0.15, -0.1) is 0 Å². The van der Waals surface area contributed by atoms with E-state index in [1.165, 1.54) is 51.4 Å². The van der Waals surface area contributed by atoms with Crippen molar-refractivity contribution >= 4 is 0 Å². The highest BCUT2D eigenvalue weighted by atomic mass is 16.5. The maximum atomic E-state index is 5.35. The smallest absolute Gasteiger partial charge is 0.0637 e. The van der Waals surface area contributed by atoms with Gasteiger partial charge in [-0.25, -0.2) is 0 Å². The molecule has 4 saturated heterocycles. The van der Waals surface area contributed by atoms with E-state index in [4.69, 9.17) is 47.4 Å². The fraction of sp³-hybridized carbons (Fsp3) is 1.00. The number of ether oxygens (including phenoxy) is 10. The van der Waals surface area contributed by atoms with Crippen molar-refractivity contribution in [3.05, 3.63) is 0 Å². The second-order valence-electron chi connectivity index (χ2n) is 16.2. The highest BCUT2D eigenvalue weighted by Crippen LogP contribution is 2.50. The van der Waals surface area contributed by atoms with Gasteiger partial charge in [0.1, 0.15) is 0 Å². The van der Waals surface area contributed by atoms with Crippen LogP contribution in [0.5, 0.6) is 0 Å². The van der Waals surface area contributed by atoms with Crippen molar-refractivity contribution in [1.29, 1.82) is 0 Å². The van der Waals surface area contributed by atoms with E-state index < -0.39 is 0 Å². The van der Waals surface area contributed by atoms with Gasteiger partial charge < -0.3 is 47.4 Å². The van der Waals surface area contributed by atoms with Crippen molar-refractivity contribution in [1.82, 2.24) is 0 Å². The molecule has 2 aliphatic carbocycles. The van der Waals surface area contributed by atoms with Crippen LogP contribution in [0.2, 0.25) is 0 Å². The summed E-state index contributed by atoms with van der Waals surface area (Å²) in [6, 6.07) is 0. The Labute approximate surface area is 280 Å². The van der Waals surface area contributed by atoms with Crippen LogP contribution >= 0.6 is 0 Å². The van der Waals surface area contributed by atoms with E-state index in [0.717, 1.165) is 92.5 Å². The summed E-state index contributed by atoms with van der Waals surface area (Å²) in [6.45, 7) is 16.6. The van der Waals surface area contributed by atoms with Gasteiger partial charge in [0.2, 0.25) is 0 Å². The number of hydrogen-bond acceptors (Lipinski definition) is 10. The molecule has 0 unspecified atom stereocenters. The molecule has 2 spiro atoms. The first-order chi connectivity index (χ1) is 22.0. The first-order valence-corrected chi connectivity index (χ1v) is 17.3. The van der Waals surface area contributed by atoms with Crippen LogP contribution in [-0.2, 0) is 47.4 Å². The monoisotopic (exact) mass is 660 g/mol. The van der Waals surface area contributed by atoms with E-state index in [1.807, 2.05) is 7.11 Å². The zero-order valence-electron chi connectivity index (χ0n) is 30.6. The quantitative estimate of drug-likeness (QED) is 0.283. The van der Waals surface area contributed by atoms with Crippen LogP contribution in [0.3, 0.4) is 0 Å². The maximum Gasteiger partial charge on any atom is 0.0637 e. The Hall–Kier alpha value is -0.400. The molecular formula is C36H68O10. The Kier molecular flexibility index (Phi) is 16.1. The summed E-state index contributed by atoms with van der Waals surface area (Å²) in [6.07, 6.45) is 10.3. The molecule has 0 bridgehead atoms. The molecule has 4 heterocycles. The molecule has 10 heteroatoms. The van der Waals surface area contributed by atoms with Crippen molar-refractivity contribution in [3.63, 3.8) is 0 Å². The number of rotatable bonds is 12. The SMILES string of the molecule is COCC1(C)CCC2(CC1)COC2.COCC1(C)COC1.COCC1(COC)CCC2(CC1)COC2.COCC1(COC)COC1. The van der Waals surface area contributed by atoms with E-state index in [0.29, 0.717) is 21.7 Å². The molecule has 0 aromatic carbocycles. The highest BCUT2D eigenvalue weighted by molar-refractivity contribution is 4.96. The van der Waals surface area contributed by atoms with Crippen molar-refractivity contribution in [2.75, 3.05) is 135 Å². The number of methoxy groups -OCH3 is 6. The van der Waals surface area contributed by atoms with Crippen LogP contribution < -0.4 is 0 Å². The topological polar surface area (TPSA) is 92.3 Å². The Bertz CT molecular complexity index is 799. The lowest BCUT2D eigenvalue weighted by Gasteiger charge is -2.50. The first kappa shape index (κ1) is 40.0. The van der Waals surface area contributed by atoms with Crippen LogP contribution in [0.25, 0.3) is 0 Å². The predicted octanol–water partition coefficient (Wildman–Crippen LogP) is 5.05. The van der Waals surface area contributed by atoms with E-state index in [-0.39, 0.29) is 10.8 Å². The molecule has 0 atom stereocenters. The lowest BCUT2D eigenvalue weighted by molar-refractivity contribution is -0.168. The fourth-order valence-corrected chi connectivity index (χ4v) is 7.58. The average Bonchev–Trinajstić information content (AvgIpc) is 2.96. The summed E-state index contributed by atoms with van der Waals surface area (Å²) >= 11 is 0. The average molecular weight is 661 g/mol. The van der Waals surface area contributed by atoms with Crippen molar-refractivity contribution < 1.29 is 47.4 Å². The standard InChI is InChI=1S/C12H22O3.C11H20O2.C7H14O3.C6H12O2/c1-13-7-11(8-14-2)3-5-12(6-4-11)9-15-10-12;1-10(7-12-2)3-5-11(6-4-10)8-13-9-11;1-8-3-7(4-9-2)5-10-6-7;1-6(3-7-2)4-8-5-6/h3-10H2,1-2H3;3-9H2,1-2H3;3-6H2,1-2H3;3-5H2,1-2H3. The molecule has 6 rings (SSSR count). The van der Waals surface area contributed by atoms with Crippen molar-refractivity contribution in [2.24, 2.45) is 32.5 Å². The molecule has 4 aliphatic heterocycles. The molecule has 272 valence electrons. The van der Waals surface area contributed by atoms with Gasteiger partial charge in [-0.3, -0.25) is 0 Å². The molecule has 2 saturated carbocycles. The Morgan fingerprint density at radius 1 is 0.348 bits per heavy atom.